The summed E-state index contributed by atoms with van der Waals surface area (Å²) in [7, 11) is 1.63. The number of nitrogens with zero attached hydrogens (tertiary/aromatic N) is 2. The number of hydrogen-bond donors (Lipinski definition) is 0. The van der Waals surface area contributed by atoms with Crippen LogP contribution in [0.1, 0.15) is 72.0 Å². The molecule has 158 valence electrons. The summed E-state index contributed by atoms with van der Waals surface area (Å²) in [5, 5.41) is 0. The predicted octanol–water partition coefficient (Wildman–Crippen LogP) is 4.16. The summed E-state index contributed by atoms with van der Waals surface area (Å²) in [5.74, 6) is 1.84. The van der Waals surface area contributed by atoms with Gasteiger partial charge in [0.2, 0.25) is 0 Å². The number of likely N-dealkylation sites (tertiary alicyclic amines) is 1. The maximum atomic E-state index is 13.3. The topological polar surface area (TPSA) is 51.5 Å². The van der Waals surface area contributed by atoms with Gasteiger partial charge in [-0.25, -0.2) is 0 Å². The summed E-state index contributed by atoms with van der Waals surface area (Å²) in [6.07, 6.45) is 7.12. The minimum Gasteiger partial charge on any atom is -0.497 e. The van der Waals surface area contributed by atoms with Gasteiger partial charge in [0.1, 0.15) is 5.75 Å². The molecule has 2 bridgehead atoms. The lowest BCUT2D eigenvalue weighted by molar-refractivity contribution is 0.0594. The van der Waals surface area contributed by atoms with Crippen molar-refractivity contribution in [1.82, 2.24) is 9.47 Å². The van der Waals surface area contributed by atoms with Gasteiger partial charge in [0.05, 0.1) is 7.11 Å². The van der Waals surface area contributed by atoms with E-state index in [2.05, 4.69) is 12.1 Å². The van der Waals surface area contributed by atoms with Crippen LogP contribution in [-0.2, 0) is 6.54 Å². The van der Waals surface area contributed by atoms with Gasteiger partial charge in [-0.2, -0.15) is 0 Å². The molecular formula is C25H30N2O3. The third-order valence-electron chi connectivity index (χ3n) is 7.30. The van der Waals surface area contributed by atoms with Crippen LogP contribution in [0.2, 0.25) is 0 Å². The molecule has 1 aromatic heterocycles. The van der Waals surface area contributed by atoms with Crippen molar-refractivity contribution in [2.75, 3.05) is 20.2 Å². The summed E-state index contributed by atoms with van der Waals surface area (Å²) in [4.78, 5) is 28.4. The number of methoxy groups -OCH3 is 1. The van der Waals surface area contributed by atoms with Gasteiger partial charge in [0.15, 0.2) is 0 Å². The molecule has 1 amide bonds. The quantitative estimate of drug-likeness (QED) is 0.769. The molecule has 3 aliphatic rings. The van der Waals surface area contributed by atoms with Gasteiger partial charge >= 0.3 is 0 Å². The Labute approximate surface area is 177 Å². The zero-order chi connectivity index (χ0) is 20.7. The van der Waals surface area contributed by atoms with E-state index in [-0.39, 0.29) is 17.4 Å². The van der Waals surface area contributed by atoms with Crippen LogP contribution in [0.5, 0.6) is 5.75 Å². The van der Waals surface area contributed by atoms with Crippen molar-refractivity contribution in [3.05, 3.63) is 63.6 Å². The molecular weight excluding hydrogens is 376 g/mol. The highest BCUT2D eigenvalue weighted by atomic mass is 16.5. The third-order valence-corrected chi connectivity index (χ3v) is 7.30. The van der Waals surface area contributed by atoms with Crippen LogP contribution in [0.25, 0.3) is 0 Å². The van der Waals surface area contributed by atoms with E-state index in [0.717, 1.165) is 49.4 Å². The third kappa shape index (κ3) is 3.44. The summed E-state index contributed by atoms with van der Waals surface area (Å²) in [6, 6.07) is 11.6. The van der Waals surface area contributed by atoms with Gasteiger partial charge in [-0.1, -0.05) is 25.3 Å². The summed E-state index contributed by atoms with van der Waals surface area (Å²) >= 11 is 0. The summed E-state index contributed by atoms with van der Waals surface area (Å²) < 4.78 is 7.24. The molecule has 2 aromatic rings. The fraction of sp³-hybridized carbons (Fsp3) is 0.520. The average Bonchev–Trinajstić information content (AvgIpc) is 2.80. The first-order chi connectivity index (χ1) is 14.6. The molecule has 1 aromatic carbocycles. The molecule has 2 atom stereocenters. The van der Waals surface area contributed by atoms with E-state index in [1.54, 1.807) is 7.11 Å². The van der Waals surface area contributed by atoms with Crippen molar-refractivity contribution in [3.63, 3.8) is 0 Å². The first-order valence-electron chi connectivity index (χ1n) is 11.3. The monoisotopic (exact) mass is 406 g/mol. The minimum absolute atomic E-state index is 0.0713. The molecule has 2 aliphatic heterocycles. The predicted molar refractivity (Wildman–Crippen MR) is 116 cm³/mol. The van der Waals surface area contributed by atoms with Crippen LogP contribution in [0.4, 0.5) is 0 Å². The van der Waals surface area contributed by atoms with Gasteiger partial charge in [0, 0.05) is 42.4 Å². The van der Waals surface area contributed by atoms with Crippen molar-refractivity contribution >= 4 is 5.91 Å². The van der Waals surface area contributed by atoms with Gasteiger partial charge in [-0.15, -0.1) is 0 Å². The molecule has 2 fully saturated rings. The lowest BCUT2D eigenvalue weighted by atomic mass is 9.81. The Bertz CT molecular complexity index is 988. The first-order valence-corrected chi connectivity index (χ1v) is 11.3. The van der Waals surface area contributed by atoms with Crippen molar-refractivity contribution < 1.29 is 9.53 Å². The molecule has 30 heavy (non-hydrogen) atoms. The molecule has 1 saturated carbocycles. The number of ether oxygens (including phenoxy) is 1. The van der Waals surface area contributed by atoms with Crippen LogP contribution in [0.15, 0.2) is 41.2 Å². The highest BCUT2D eigenvalue weighted by Crippen LogP contribution is 2.37. The van der Waals surface area contributed by atoms with Gasteiger partial charge in [-0.3, -0.25) is 9.59 Å². The largest absolute Gasteiger partial charge is 0.497 e. The molecule has 3 heterocycles. The summed E-state index contributed by atoms with van der Waals surface area (Å²) in [5.41, 5.74) is 3.05. The number of hydrogen-bond acceptors (Lipinski definition) is 3. The number of rotatable bonds is 3. The molecule has 1 saturated heterocycles. The number of fused-ring (bicyclic) bond motifs is 4. The number of pyridine rings is 1. The van der Waals surface area contributed by atoms with Gasteiger partial charge in [-0.05, 0) is 61.4 Å². The Morgan fingerprint density at radius 3 is 2.43 bits per heavy atom. The highest BCUT2D eigenvalue weighted by molar-refractivity contribution is 5.94. The van der Waals surface area contributed by atoms with Crippen molar-refractivity contribution in [2.24, 2.45) is 5.92 Å². The Hall–Kier alpha value is -2.56. The Balaban J connectivity index is 1.38. The van der Waals surface area contributed by atoms with E-state index in [9.17, 15) is 9.59 Å². The van der Waals surface area contributed by atoms with Crippen molar-refractivity contribution in [1.29, 1.82) is 0 Å². The smallest absolute Gasteiger partial charge is 0.254 e. The van der Waals surface area contributed by atoms with E-state index in [1.165, 1.54) is 19.3 Å². The lowest BCUT2D eigenvalue weighted by Crippen LogP contribution is -2.49. The van der Waals surface area contributed by atoms with E-state index in [1.807, 2.05) is 33.7 Å². The molecule has 0 radical (unpaired) electrons. The molecule has 5 nitrogen and oxygen atoms in total. The van der Waals surface area contributed by atoms with E-state index in [4.69, 9.17) is 4.74 Å². The second-order valence-electron chi connectivity index (χ2n) is 9.20. The van der Waals surface area contributed by atoms with Crippen LogP contribution >= 0.6 is 0 Å². The molecule has 0 spiro atoms. The molecule has 1 aliphatic carbocycles. The highest BCUT2D eigenvalue weighted by Gasteiger charge is 2.37. The van der Waals surface area contributed by atoms with Crippen LogP contribution in [-0.4, -0.2) is 35.6 Å². The maximum Gasteiger partial charge on any atom is 0.254 e. The number of piperidine rings is 1. The molecule has 5 rings (SSSR count). The number of carbonyl (C=O) groups is 1. The lowest BCUT2D eigenvalue weighted by Gasteiger charge is -2.43. The zero-order valence-electron chi connectivity index (χ0n) is 17.7. The SMILES string of the molecule is COc1ccc(C(=O)N2C[C@@H]3C[C@H](C2)c2ccc(C4CCCCC4)c(=O)n2C3)cc1. The fourth-order valence-corrected chi connectivity index (χ4v) is 5.77. The molecule has 0 N–H and O–H groups in total. The minimum atomic E-state index is 0.0713. The second kappa shape index (κ2) is 7.93. The van der Waals surface area contributed by atoms with Crippen LogP contribution in [0.3, 0.4) is 0 Å². The van der Waals surface area contributed by atoms with Gasteiger partial charge in [0.25, 0.3) is 11.5 Å². The van der Waals surface area contributed by atoms with E-state index >= 15 is 0 Å². The number of amides is 1. The number of benzene rings is 1. The number of aromatic nitrogens is 1. The van der Waals surface area contributed by atoms with E-state index in [0.29, 0.717) is 23.9 Å². The second-order valence-corrected chi connectivity index (χ2v) is 9.20. The Morgan fingerprint density at radius 2 is 1.70 bits per heavy atom. The average molecular weight is 407 g/mol. The van der Waals surface area contributed by atoms with Crippen LogP contribution in [0, 0.1) is 5.92 Å². The zero-order valence-corrected chi connectivity index (χ0v) is 17.7. The van der Waals surface area contributed by atoms with Gasteiger partial charge < -0.3 is 14.2 Å². The van der Waals surface area contributed by atoms with E-state index < -0.39 is 0 Å². The number of carbonyl (C=O) groups excluding carboxylic acids is 1. The molecule has 5 heteroatoms. The molecule has 0 unspecified atom stereocenters. The Morgan fingerprint density at radius 1 is 0.933 bits per heavy atom. The first kappa shape index (κ1) is 19.4. The summed E-state index contributed by atoms with van der Waals surface area (Å²) in [6.45, 7) is 2.14. The van der Waals surface area contributed by atoms with Crippen molar-refractivity contribution in [3.8, 4) is 5.75 Å². The normalized spacial score (nSPS) is 23.7. The fourth-order valence-electron chi connectivity index (χ4n) is 5.77. The maximum absolute atomic E-state index is 13.3. The van der Waals surface area contributed by atoms with Crippen LogP contribution < -0.4 is 10.3 Å². The standard InChI is InChI=1S/C25H30N2O3/c1-30-21-9-7-19(8-10-21)24(28)26-14-17-13-20(16-26)23-12-11-22(25(29)27(23)15-17)18-5-3-2-4-6-18/h7-12,17-18,20H,2-6,13-16H2,1H3/t17-,20+/m0/s1. The Kier molecular flexibility index (Phi) is 5.13. The van der Waals surface area contributed by atoms with Crippen molar-refractivity contribution in [2.45, 2.75) is 56.9 Å².